The average Bonchev–Trinajstić information content (AvgIpc) is 2.90. The lowest BCUT2D eigenvalue weighted by molar-refractivity contribution is -0.116. The smallest absolute Gasteiger partial charge is 0.250 e. The van der Waals surface area contributed by atoms with Crippen LogP contribution in [-0.2, 0) is 9.53 Å². The van der Waals surface area contributed by atoms with Crippen LogP contribution in [0, 0.1) is 0 Å². The molecule has 5 nitrogen and oxygen atoms in total. The second-order valence-corrected chi connectivity index (χ2v) is 4.63. The Balaban J connectivity index is 1.89. The number of amides is 2. The number of ether oxygens (including phenoxy) is 1. The summed E-state index contributed by atoms with van der Waals surface area (Å²) in [7, 11) is 0. The third-order valence-corrected chi connectivity index (χ3v) is 3.18. The molecule has 0 saturated carbocycles. The SMILES string of the molecule is NC(=O)c1ccccc1NC(=O)CCC1CCCO1. The van der Waals surface area contributed by atoms with E-state index in [0.717, 1.165) is 19.4 Å². The fourth-order valence-electron chi connectivity index (χ4n) is 2.18. The summed E-state index contributed by atoms with van der Waals surface area (Å²) in [5.41, 5.74) is 6.05. The van der Waals surface area contributed by atoms with E-state index in [1.807, 2.05) is 0 Å². The molecule has 5 heteroatoms. The van der Waals surface area contributed by atoms with Crippen LogP contribution in [-0.4, -0.2) is 24.5 Å². The Kier molecular flexibility index (Phi) is 4.52. The molecule has 0 aromatic heterocycles. The standard InChI is InChI=1S/C14H18N2O3/c15-14(18)11-5-1-2-6-12(11)16-13(17)8-7-10-4-3-9-19-10/h1-2,5-6,10H,3-4,7-9H2,(H2,15,18)(H,16,17). The zero-order chi connectivity index (χ0) is 13.7. The molecule has 1 aliphatic heterocycles. The molecule has 102 valence electrons. The van der Waals surface area contributed by atoms with Crippen LogP contribution >= 0.6 is 0 Å². The summed E-state index contributed by atoms with van der Waals surface area (Å²) in [4.78, 5) is 23.0. The van der Waals surface area contributed by atoms with Crippen molar-refractivity contribution in [3.05, 3.63) is 29.8 Å². The first-order valence-corrected chi connectivity index (χ1v) is 6.47. The van der Waals surface area contributed by atoms with E-state index < -0.39 is 5.91 Å². The number of hydrogen-bond acceptors (Lipinski definition) is 3. The van der Waals surface area contributed by atoms with Crippen molar-refractivity contribution in [2.45, 2.75) is 31.8 Å². The van der Waals surface area contributed by atoms with Crippen LogP contribution in [0.25, 0.3) is 0 Å². The fourth-order valence-corrected chi connectivity index (χ4v) is 2.18. The average molecular weight is 262 g/mol. The minimum atomic E-state index is -0.546. The number of nitrogens with two attached hydrogens (primary N) is 1. The van der Waals surface area contributed by atoms with Gasteiger partial charge in [0, 0.05) is 13.0 Å². The molecule has 1 atom stereocenters. The Bertz CT molecular complexity index is 468. The number of carbonyl (C=O) groups is 2. The predicted octanol–water partition coefficient (Wildman–Crippen LogP) is 1.68. The first-order valence-electron chi connectivity index (χ1n) is 6.47. The maximum atomic E-state index is 11.8. The van der Waals surface area contributed by atoms with Gasteiger partial charge in [0.15, 0.2) is 0 Å². The molecular formula is C14H18N2O3. The largest absolute Gasteiger partial charge is 0.378 e. The minimum absolute atomic E-state index is 0.121. The van der Waals surface area contributed by atoms with Gasteiger partial charge in [0.2, 0.25) is 5.91 Å². The highest BCUT2D eigenvalue weighted by molar-refractivity contribution is 6.02. The van der Waals surface area contributed by atoms with Crippen LogP contribution in [0.5, 0.6) is 0 Å². The summed E-state index contributed by atoms with van der Waals surface area (Å²) in [6.07, 6.45) is 3.38. The monoisotopic (exact) mass is 262 g/mol. The Morgan fingerprint density at radius 2 is 2.16 bits per heavy atom. The molecular weight excluding hydrogens is 244 g/mol. The van der Waals surface area contributed by atoms with Crippen molar-refractivity contribution in [3.63, 3.8) is 0 Å². The van der Waals surface area contributed by atoms with E-state index in [2.05, 4.69) is 5.32 Å². The van der Waals surface area contributed by atoms with Gasteiger partial charge in [-0.05, 0) is 31.4 Å². The summed E-state index contributed by atoms with van der Waals surface area (Å²) in [5.74, 6) is -0.667. The predicted molar refractivity (Wildman–Crippen MR) is 71.8 cm³/mol. The van der Waals surface area contributed by atoms with Gasteiger partial charge in [0.1, 0.15) is 0 Å². The molecule has 0 bridgehead atoms. The van der Waals surface area contributed by atoms with Crippen molar-refractivity contribution in [1.29, 1.82) is 0 Å². The third kappa shape index (κ3) is 3.79. The maximum Gasteiger partial charge on any atom is 0.250 e. The number of benzene rings is 1. The van der Waals surface area contributed by atoms with Gasteiger partial charge in [0.05, 0.1) is 17.4 Å². The molecule has 1 aromatic carbocycles. The molecule has 1 aliphatic rings. The van der Waals surface area contributed by atoms with E-state index in [1.165, 1.54) is 0 Å². The summed E-state index contributed by atoms with van der Waals surface area (Å²) in [6, 6.07) is 6.73. The molecule has 0 radical (unpaired) electrons. The van der Waals surface area contributed by atoms with Crippen molar-refractivity contribution < 1.29 is 14.3 Å². The number of nitrogens with one attached hydrogen (secondary N) is 1. The van der Waals surface area contributed by atoms with Gasteiger partial charge in [-0.3, -0.25) is 9.59 Å². The van der Waals surface area contributed by atoms with Gasteiger partial charge in [-0.2, -0.15) is 0 Å². The quantitative estimate of drug-likeness (QED) is 0.847. The molecule has 2 rings (SSSR count). The van der Waals surface area contributed by atoms with Crippen molar-refractivity contribution in [2.75, 3.05) is 11.9 Å². The third-order valence-electron chi connectivity index (χ3n) is 3.18. The topological polar surface area (TPSA) is 81.4 Å². The van der Waals surface area contributed by atoms with Gasteiger partial charge < -0.3 is 15.8 Å². The first kappa shape index (κ1) is 13.5. The summed E-state index contributed by atoms with van der Waals surface area (Å²) < 4.78 is 5.46. The van der Waals surface area contributed by atoms with Crippen LogP contribution in [0.3, 0.4) is 0 Å². The minimum Gasteiger partial charge on any atom is -0.378 e. The van der Waals surface area contributed by atoms with Crippen molar-refractivity contribution >= 4 is 17.5 Å². The number of hydrogen-bond donors (Lipinski definition) is 2. The second-order valence-electron chi connectivity index (χ2n) is 4.63. The van der Waals surface area contributed by atoms with Crippen molar-refractivity contribution in [1.82, 2.24) is 0 Å². The summed E-state index contributed by atoms with van der Waals surface area (Å²) in [5, 5.41) is 2.72. The number of primary amides is 1. The zero-order valence-corrected chi connectivity index (χ0v) is 10.7. The lowest BCUT2D eigenvalue weighted by Gasteiger charge is -2.11. The van der Waals surface area contributed by atoms with E-state index in [9.17, 15) is 9.59 Å². The van der Waals surface area contributed by atoms with E-state index in [4.69, 9.17) is 10.5 Å². The second kappa shape index (κ2) is 6.33. The molecule has 1 fully saturated rings. The van der Waals surface area contributed by atoms with Gasteiger partial charge in [-0.25, -0.2) is 0 Å². The Morgan fingerprint density at radius 1 is 1.37 bits per heavy atom. The Morgan fingerprint density at radius 3 is 2.84 bits per heavy atom. The van der Waals surface area contributed by atoms with Crippen LogP contribution < -0.4 is 11.1 Å². The Hall–Kier alpha value is -1.88. The highest BCUT2D eigenvalue weighted by Gasteiger charge is 2.17. The number of rotatable bonds is 5. The summed E-state index contributed by atoms with van der Waals surface area (Å²) in [6.45, 7) is 0.788. The molecule has 1 heterocycles. The van der Waals surface area contributed by atoms with Crippen LogP contribution in [0.4, 0.5) is 5.69 Å². The Labute approximate surface area is 112 Å². The van der Waals surface area contributed by atoms with E-state index in [-0.39, 0.29) is 12.0 Å². The lowest BCUT2D eigenvalue weighted by Crippen LogP contribution is -2.19. The van der Waals surface area contributed by atoms with Crippen LogP contribution in [0.15, 0.2) is 24.3 Å². The van der Waals surface area contributed by atoms with E-state index >= 15 is 0 Å². The molecule has 0 spiro atoms. The van der Waals surface area contributed by atoms with E-state index in [1.54, 1.807) is 24.3 Å². The number of anilines is 1. The van der Waals surface area contributed by atoms with Gasteiger partial charge in [0.25, 0.3) is 5.91 Å². The van der Waals surface area contributed by atoms with Crippen LogP contribution in [0.2, 0.25) is 0 Å². The molecule has 1 saturated heterocycles. The van der Waals surface area contributed by atoms with E-state index in [0.29, 0.717) is 24.1 Å². The van der Waals surface area contributed by atoms with Crippen LogP contribution in [0.1, 0.15) is 36.0 Å². The molecule has 3 N–H and O–H groups in total. The fraction of sp³-hybridized carbons (Fsp3) is 0.429. The number of para-hydroxylation sites is 1. The highest BCUT2D eigenvalue weighted by atomic mass is 16.5. The first-order chi connectivity index (χ1) is 9.16. The van der Waals surface area contributed by atoms with Gasteiger partial charge in [-0.1, -0.05) is 12.1 Å². The highest BCUT2D eigenvalue weighted by Crippen LogP contribution is 2.18. The molecule has 2 amide bonds. The van der Waals surface area contributed by atoms with Crippen molar-refractivity contribution in [2.24, 2.45) is 5.73 Å². The molecule has 1 aromatic rings. The van der Waals surface area contributed by atoms with Gasteiger partial charge in [-0.15, -0.1) is 0 Å². The molecule has 19 heavy (non-hydrogen) atoms. The molecule has 0 aliphatic carbocycles. The zero-order valence-electron chi connectivity index (χ0n) is 10.7. The van der Waals surface area contributed by atoms with Crippen molar-refractivity contribution in [3.8, 4) is 0 Å². The molecule has 1 unspecified atom stereocenters. The lowest BCUT2D eigenvalue weighted by atomic mass is 10.1. The van der Waals surface area contributed by atoms with Gasteiger partial charge >= 0.3 is 0 Å². The summed E-state index contributed by atoms with van der Waals surface area (Å²) >= 11 is 0. The normalized spacial score (nSPS) is 18.2. The maximum absolute atomic E-state index is 11.8. The number of carbonyl (C=O) groups excluding carboxylic acids is 2.